The van der Waals surface area contributed by atoms with Crippen molar-refractivity contribution in [3.8, 4) is 17.0 Å². The molecule has 2 saturated heterocycles. The Morgan fingerprint density at radius 1 is 1.10 bits per heavy atom. The highest BCUT2D eigenvalue weighted by Gasteiger charge is 2.44. The van der Waals surface area contributed by atoms with E-state index in [0.29, 0.717) is 0 Å². The average Bonchev–Trinajstić information content (AvgIpc) is 3.44. The second kappa shape index (κ2) is 7.61. The number of hydrogen-bond donors (Lipinski definition) is 0. The van der Waals surface area contributed by atoms with Crippen molar-refractivity contribution in [3.63, 3.8) is 0 Å². The van der Waals surface area contributed by atoms with Crippen LogP contribution >= 0.6 is 0 Å². The summed E-state index contributed by atoms with van der Waals surface area (Å²) in [5.74, 6) is 1.82. The number of likely N-dealkylation sites (tertiary alicyclic amines) is 2. The molecule has 1 aromatic heterocycles. The van der Waals surface area contributed by atoms with Gasteiger partial charge in [0.1, 0.15) is 17.7 Å². The molecule has 2 aromatic rings. The first-order valence-electron chi connectivity index (χ1n) is 11.0. The molecule has 1 atom stereocenters. The lowest BCUT2D eigenvalue weighted by Crippen LogP contribution is -2.54. The Balaban J connectivity index is 1.34. The smallest absolute Gasteiger partial charge is 0.320 e. The number of imidazole rings is 1. The normalized spacial score (nSPS) is 22.9. The molecule has 5 rings (SSSR count). The van der Waals surface area contributed by atoms with E-state index < -0.39 is 0 Å². The largest absolute Gasteiger partial charge is 0.497 e. The van der Waals surface area contributed by atoms with E-state index in [4.69, 9.17) is 9.47 Å². The van der Waals surface area contributed by atoms with Crippen molar-refractivity contribution >= 4 is 6.03 Å². The minimum atomic E-state index is -0.240. The van der Waals surface area contributed by atoms with Gasteiger partial charge in [-0.05, 0) is 56.9 Å². The van der Waals surface area contributed by atoms with Gasteiger partial charge in [-0.3, -0.25) is 0 Å². The maximum Gasteiger partial charge on any atom is 0.320 e. The van der Waals surface area contributed by atoms with Gasteiger partial charge < -0.3 is 23.8 Å². The van der Waals surface area contributed by atoms with E-state index in [-0.39, 0.29) is 17.7 Å². The molecule has 0 unspecified atom stereocenters. The van der Waals surface area contributed by atoms with E-state index in [1.165, 1.54) is 0 Å². The van der Waals surface area contributed by atoms with Gasteiger partial charge in [0, 0.05) is 31.7 Å². The van der Waals surface area contributed by atoms with E-state index in [2.05, 4.69) is 28.6 Å². The number of urea groups is 1. The average molecular weight is 411 g/mol. The number of piperidine rings is 1. The summed E-state index contributed by atoms with van der Waals surface area (Å²) in [6, 6.07) is 8.32. The molecule has 2 amide bonds. The molecule has 3 aliphatic heterocycles. The SMILES string of the molecule is COc1ccc(-c2cnc3n2CC2(CCN(C(=O)N4CCCC4)CC2)O[C@H]3C)cc1. The number of benzene rings is 1. The maximum atomic E-state index is 12.8. The minimum Gasteiger partial charge on any atom is -0.497 e. The topological polar surface area (TPSA) is 59.8 Å². The Kier molecular flexibility index (Phi) is 4.93. The van der Waals surface area contributed by atoms with Crippen molar-refractivity contribution in [3.05, 3.63) is 36.3 Å². The zero-order valence-corrected chi connectivity index (χ0v) is 17.8. The second-order valence-corrected chi connectivity index (χ2v) is 8.72. The number of carbonyl (C=O) groups is 1. The molecule has 0 radical (unpaired) electrons. The number of aromatic nitrogens is 2. The van der Waals surface area contributed by atoms with Crippen molar-refractivity contribution in [1.82, 2.24) is 19.4 Å². The molecule has 4 heterocycles. The summed E-state index contributed by atoms with van der Waals surface area (Å²) in [6.45, 7) is 6.17. The first-order chi connectivity index (χ1) is 14.6. The lowest BCUT2D eigenvalue weighted by molar-refractivity contribution is -0.145. The monoisotopic (exact) mass is 410 g/mol. The summed E-state index contributed by atoms with van der Waals surface area (Å²) >= 11 is 0. The lowest BCUT2D eigenvalue weighted by Gasteiger charge is -2.46. The van der Waals surface area contributed by atoms with Crippen LogP contribution in [0.15, 0.2) is 30.5 Å². The molecule has 2 fully saturated rings. The van der Waals surface area contributed by atoms with Crippen LogP contribution in [0.1, 0.15) is 44.5 Å². The van der Waals surface area contributed by atoms with Gasteiger partial charge >= 0.3 is 6.03 Å². The van der Waals surface area contributed by atoms with E-state index in [1.807, 2.05) is 28.1 Å². The van der Waals surface area contributed by atoms with Crippen molar-refractivity contribution in [2.45, 2.75) is 50.9 Å². The van der Waals surface area contributed by atoms with Gasteiger partial charge in [-0.25, -0.2) is 9.78 Å². The van der Waals surface area contributed by atoms with Gasteiger partial charge in [0.25, 0.3) is 0 Å². The number of fused-ring (bicyclic) bond motifs is 1. The van der Waals surface area contributed by atoms with Gasteiger partial charge in [-0.2, -0.15) is 0 Å². The zero-order chi connectivity index (χ0) is 20.7. The quantitative estimate of drug-likeness (QED) is 0.757. The first kappa shape index (κ1) is 19.4. The van der Waals surface area contributed by atoms with Crippen LogP contribution in [0.2, 0.25) is 0 Å². The minimum absolute atomic E-state index is 0.0634. The van der Waals surface area contributed by atoms with E-state index in [0.717, 1.165) is 81.2 Å². The molecule has 7 nitrogen and oxygen atoms in total. The van der Waals surface area contributed by atoms with Crippen molar-refractivity contribution in [1.29, 1.82) is 0 Å². The number of methoxy groups -OCH3 is 1. The highest BCUT2D eigenvalue weighted by Crippen LogP contribution is 2.40. The fourth-order valence-corrected chi connectivity index (χ4v) is 5.12. The fraction of sp³-hybridized carbons (Fsp3) is 0.565. The predicted octanol–water partition coefficient (Wildman–Crippen LogP) is 3.70. The molecule has 0 bridgehead atoms. The van der Waals surface area contributed by atoms with Crippen molar-refractivity contribution in [2.24, 2.45) is 0 Å². The van der Waals surface area contributed by atoms with Crippen LogP contribution in [-0.4, -0.2) is 64.3 Å². The number of ether oxygens (including phenoxy) is 2. The summed E-state index contributed by atoms with van der Waals surface area (Å²) in [7, 11) is 1.68. The molecule has 0 aliphatic carbocycles. The van der Waals surface area contributed by atoms with Crippen LogP contribution in [0, 0.1) is 0 Å². The third-order valence-electron chi connectivity index (χ3n) is 6.83. The van der Waals surface area contributed by atoms with Gasteiger partial charge in [0.2, 0.25) is 0 Å². The third-order valence-corrected chi connectivity index (χ3v) is 6.83. The van der Waals surface area contributed by atoms with E-state index in [1.54, 1.807) is 7.11 Å². The van der Waals surface area contributed by atoms with Gasteiger partial charge in [0.15, 0.2) is 0 Å². The van der Waals surface area contributed by atoms with Gasteiger partial charge in [-0.15, -0.1) is 0 Å². The summed E-state index contributed by atoms with van der Waals surface area (Å²) in [6.07, 6.45) is 5.85. The van der Waals surface area contributed by atoms with Gasteiger partial charge in [-0.1, -0.05) is 0 Å². The van der Waals surface area contributed by atoms with Crippen molar-refractivity contribution < 1.29 is 14.3 Å². The molecule has 1 aromatic carbocycles. The Bertz CT molecular complexity index is 909. The van der Waals surface area contributed by atoms with Crippen LogP contribution in [0.4, 0.5) is 4.79 Å². The highest BCUT2D eigenvalue weighted by atomic mass is 16.5. The van der Waals surface area contributed by atoms with E-state index >= 15 is 0 Å². The third kappa shape index (κ3) is 3.35. The Morgan fingerprint density at radius 3 is 2.43 bits per heavy atom. The van der Waals surface area contributed by atoms with Crippen LogP contribution < -0.4 is 4.74 Å². The Morgan fingerprint density at radius 2 is 1.77 bits per heavy atom. The van der Waals surface area contributed by atoms with Crippen LogP contribution in [-0.2, 0) is 11.3 Å². The molecule has 0 saturated carbocycles. The number of amides is 2. The molecular weight excluding hydrogens is 380 g/mol. The predicted molar refractivity (Wildman–Crippen MR) is 113 cm³/mol. The number of carbonyl (C=O) groups excluding carboxylic acids is 1. The first-order valence-corrected chi connectivity index (χ1v) is 11.0. The van der Waals surface area contributed by atoms with Gasteiger partial charge in [0.05, 0.1) is 31.1 Å². The summed E-state index contributed by atoms with van der Waals surface area (Å²) in [5.41, 5.74) is 1.99. The second-order valence-electron chi connectivity index (χ2n) is 8.72. The molecular formula is C23H30N4O3. The molecule has 3 aliphatic rings. The van der Waals surface area contributed by atoms with Crippen LogP contribution in [0.25, 0.3) is 11.3 Å². The molecule has 160 valence electrons. The lowest BCUT2D eigenvalue weighted by atomic mass is 9.89. The molecule has 1 spiro atoms. The van der Waals surface area contributed by atoms with E-state index in [9.17, 15) is 4.79 Å². The summed E-state index contributed by atoms with van der Waals surface area (Å²) < 4.78 is 14.1. The Labute approximate surface area is 177 Å². The van der Waals surface area contributed by atoms with Crippen LogP contribution in [0.5, 0.6) is 5.75 Å². The molecule has 30 heavy (non-hydrogen) atoms. The molecule has 7 heteroatoms. The molecule has 0 N–H and O–H groups in total. The van der Waals surface area contributed by atoms with Crippen molar-refractivity contribution in [2.75, 3.05) is 33.3 Å². The van der Waals surface area contributed by atoms with Crippen LogP contribution in [0.3, 0.4) is 0 Å². The number of rotatable bonds is 2. The maximum absolute atomic E-state index is 12.8. The Hall–Kier alpha value is -2.54. The summed E-state index contributed by atoms with van der Waals surface area (Å²) in [4.78, 5) is 21.4. The number of nitrogens with zero attached hydrogens (tertiary/aromatic N) is 4. The fourth-order valence-electron chi connectivity index (χ4n) is 5.12. The number of hydrogen-bond acceptors (Lipinski definition) is 4. The standard InChI is InChI=1S/C23H30N4O3/c1-17-21-24-15-20(18-5-7-19(29-2)8-6-18)27(21)16-23(30-17)9-13-26(14-10-23)22(28)25-11-3-4-12-25/h5-8,15,17H,3-4,9-14,16H2,1-2H3/t17-/m0/s1. The highest BCUT2D eigenvalue weighted by molar-refractivity contribution is 5.74. The zero-order valence-electron chi connectivity index (χ0n) is 17.8. The summed E-state index contributed by atoms with van der Waals surface area (Å²) in [5, 5.41) is 0.